The van der Waals surface area contributed by atoms with E-state index in [-0.39, 0.29) is 0 Å². The summed E-state index contributed by atoms with van der Waals surface area (Å²) in [7, 11) is 0. The Morgan fingerprint density at radius 2 is 1.78 bits per heavy atom. The van der Waals surface area contributed by atoms with Gasteiger partial charge in [0, 0.05) is 6.54 Å². The fourth-order valence-corrected chi connectivity index (χ4v) is 1.74. The minimum absolute atomic E-state index is 0.318. The monoisotopic (exact) mass is 323 g/mol. The average molecular weight is 323 g/mol. The summed E-state index contributed by atoms with van der Waals surface area (Å²) in [4.78, 5) is 22.7. The first-order valence-electron chi connectivity index (χ1n) is 7.39. The summed E-state index contributed by atoms with van der Waals surface area (Å²) in [5.74, 6) is -0.536. The van der Waals surface area contributed by atoms with Gasteiger partial charge in [0.1, 0.15) is 11.4 Å². The zero-order valence-corrected chi connectivity index (χ0v) is 14.5. The second-order valence-corrected chi connectivity index (χ2v) is 6.87. The molecule has 0 heterocycles. The molecule has 0 radical (unpaired) electrons. The van der Waals surface area contributed by atoms with Crippen LogP contribution in [0, 0.1) is 6.92 Å². The highest BCUT2D eigenvalue weighted by molar-refractivity contribution is 5.76. The number of benzene rings is 1. The molecule has 0 saturated carbocycles. The van der Waals surface area contributed by atoms with Crippen LogP contribution in [0.2, 0.25) is 0 Å². The van der Waals surface area contributed by atoms with E-state index in [0.717, 1.165) is 11.1 Å². The Morgan fingerprint density at radius 3 is 2.26 bits per heavy atom. The number of rotatable bonds is 5. The van der Waals surface area contributed by atoms with Crippen molar-refractivity contribution in [1.82, 2.24) is 5.32 Å². The standard InChI is InChI=1S/C17H25NO5/c1-11-9-12(10-18-15(21)23-16(2,3)4)7-8-13(11)22-17(5,6)14(19)20/h7-9H,10H2,1-6H3,(H,18,21)(H,19,20). The van der Waals surface area contributed by atoms with Gasteiger partial charge in [-0.1, -0.05) is 12.1 Å². The number of aliphatic carboxylic acids is 1. The maximum absolute atomic E-state index is 11.6. The van der Waals surface area contributed by atoms with Gasteiger partial charge in [-0.25, -0.2) is 9.59 Å². The van der Waals surface area contributed by atoms with Gasteiger partial charge in [-0.3, -0.25) is 0 Å². The third-order valence-electron chi connectivity index (χ3n) is 2.96. The summed E-state index contributed by atoms with van der Waals surface area (Å²) in [5.41, 5.74) is -0.183. The molecule has 0 atom stereocenters. The summed E-state index contributed by atoms with van der Waals surface area (Å²) in [5, 5.41) is 11.8. The van der Waals surface area contributed by atoms with Crippen molar-refractivity contribution in [3.63, 3.8) is 0 Å². The van der Waals surface area contributed by atoms with Crippen LogP contribution < -0.4 is 10.1 Å². The third kappa shape index (κ3) is 6.18. The lowest BCUT2D eigenvalue weighted by atomic mass is 10.1. The van der Waals surface area contributed by atoms with Crippen LogP contribution in [0.4, 0.5) is 4.79 Å². The van der Waals surface area contributed by atoms with E-state index in [1.54, 1.807) is 32.9 Å². The van der Waals surface area contributed by atoms with E-state index in [1.165, 1.54) is 13.8 Å². The van der Waals surface area contributed by atoms with Crippen LogP contribution in [-0.4, -0.2) is 28.4 Å². The Hall–Kier alpha value is -2.24. The van der Waals surface area contributed by atoms with E-state index < -0.39 is 23.3 Å². The largest absolute Gasteiger partial charge is 0.478 e. The molecule has 0 fully saturated rings. The van der Waals surface area contributed by atoms with Gasteiger partial charge in [0.25, 0.3) is 0 Å². The van der Waals surface area contributed by atoms with Gasteiger partial charge in [-0.2, -0.15) is 0 Å². The Morgan fingerprint density at radius 1 is 1.17 bits per heavy atom. The minimum atomic E-state index is -1.30. The number of carbonyl (C=O) groups is 2. The van der Waals surface area contributed by atoms with E-state index in [9.17, 15) is 9.59 Å². The predicted molar refractivity (Wildman–Crippen MR) is 86.6 cm³/mol. The van der Waals surface area contributed by atoms with Gasteiger partial charge in [0.15, 0.2) is 5.60 Å². The molecule has 0 spiro atoms. The normalized spacial score (nSPS) is 11.7. The first-order chi connectivity index (χ1) is 10.4. The number of hydrogen-bond donors (Lipinski definition) is 2. The Bertz CT molecular complexity index is 587. The Labute approximate surface area is 136 Å². The molecule has 0 bridgehead atoms. The summed E-state index contributed by atoms with van der Waals surface area (Å²) >= 11 is 0. The first-order valence-corrected chi connectivity index (χ1v) is 7.39. The van der Waals surface area contributed by atoms with Gasteiger partial charge < -0.3 is 19.9 Å². The van der Waals surface area contributed by atoms with Gasteiger partial charge in [0.2, 0.25) is 0 Å². The number of ether oxygens (including phenoxy) is 2. The number of amides is 1. The molecule has 6 heteroatoms. The molecule has 1 aromatic rings. The van der Waals surface area contributed by atoms with Crippen molar-refractivity contribution < 1.29 is 24.2 Å². The lowest BCUT2D eigenvalue weighted by molar-refractivity contribution is -0.152. The molecule has 0 aromatic heterocycles. The van der Waals surface area contributed by atoms with Crippen LogP contribution in [-0.2, 0) is 16.1 Å². The molecular weight excluding hydrogens is 298 g/mol. The van der Waals surface area contributed by atoms with Crippen LogP contribution in [0.25, 0.3) is 0 Å². The zero-order chi connectivity index (χ0) is 17.8. The minimum Gasteiger partial charge on any atom is -0.478 e. The summed E-state index contributed by atoms with van der Waals surface area (Å²) < 4.78 is 10.7. The van der Waals surface area contributed by atoms with E-state index in [2.05, 4.69) is 5.32 Å². The second kappa shape index (κ2) is 6.89. The maximum Gasteiger partial charge on any atom is 0.407 e. The second-order valence-electron chi connectivity index (χ2n) is 6.87. The molecule has 1 amide bonds. The molecule has 128 valence electrons. The lowest BCUT2D eigenvalue weighted by Gasteiger charge is -2.23. The molecule has 0 aliphatic rings. The number of carboxylic acid groups (broad SMARTS) is 1. The van der Waals surface area contributed by atoms with Crippen molar-refractivity contribution in [3.8, 4) is 5.75 Å². The number of hydrogen-bond acceptors (Lipinski definition) is 4. The SMILES string of the molecule is Cc1cc(CNC(=O)OC(C)(C)C)ccc1OC(C)(C)C(=O)O. The number of aryl methyl sites for hydroxylation is 1. The van der Waals surface area contributed by atoms with E-state index in [4.69, 9.17) is 14.6 Å². The molecule has 0 saturated heterocycles. The molecule has 0 aliphatic carbocycles. The van der Waals surface area contributed by atoms with Crippen molar-refractivity contribution in [1.29, 1.82) is 0 Å². The van der Waals surface area contributed by atoms with Crippen LogP contribution >= 0.6 is 0 Å². The fourth-order valence-electron chi connectivity index (χ4n) is 1.74. The molecule has 2 N–H and O–H groups in total. The molecule has 6 nitrogen and oxygen atoms in total. The lowest BCUT2D eigenvalue weighted by Crippen LogP contribution is -2.38. The van der Waals surface area contributed by atoms with Crippen molar-refractivity contribution >= 4 is 12.1 Å². The predicted octanol–water partition coefficient (Wildman–Crippen LogP) is 3.26. The number of carbonyl (C=O) groups excluding carboxylic acids is 1. The molecular formula is C17H25NO5. The van der Waals surface area contributed by atoms with Crippen LogP contribution in [0.1, 0.15) is 45.7 Å². The molecule has 1 rings (SSSR count). The van der Waals surface area contributed by atoms with E-state index in [0.29, 0.717) is 12.3 Å². The molecule has 0 aliphatic heterocycles. The quantitative estimate of drug-likeness (QED) is 0.869. The maximum atomic E-state index is 11.6. The molecule has 1 aromatic carbocycles. The van der Waals surface area contributed by atoms with E-state index in [1.807, 2.05) is 13.0 Å². The Balaban J connectivity index is 2.70. The summed E-state index contributed by atoms with van der Waals surface area (Å²) in [6, 6.07) is 5.31. The molecule has 0 unspecified atom stereocenters. The summed E-state index contributed by atoms with van der Waals surface area (Å²) in [6.07, 6.45) is -0.484. The van der Waals surface area contributed by atoms with Gasteiger partial charge in [0.05, 0.1) is 0 Å². The highest BCUT2D eigenvalue weighted by atomic mass is 16.6. The van der Waals surface area contributed by atoms with E-state index >= 15 is 0 Å². The summed E-state index contributed by atoms with van der Waals surface area (Å²) in [6.45, 7) is 10.5. The zero-order valence-electron chi connectivity index (χ0n) is 14.5. The Kier molecular flexibility index (Phi) is 5.64. The number of alkyl carbamates (subject to hydrolysis) is 1. The number of nitrogens with one attached hydrogen (secondary N) is 1. The van der Waals surface area contributed by atoms with Gasteiger partial charge in [-0.05, 0) is 58.7 Å². The topological polar surface area (TPSA) is 84.9 Å². The van der Waals surface area contributed by atoms with Crippen LogP contribution in [0.5, 0.6) is 5.75 Å². The number of carboxylic acids is 1. The van der Waals surface area contributed by atoms with Crippen molar-refractivity contribution in [3.05, 3.63) is 29.3 Å². The van der Waals surface area contributed by atoms with Crippen molar-refractivity contribution in [2.45, 2.75) is 59.3 Å². The highest BCUT2D eigenvalue weighted by Gasteiger charge is 2.29. The van der Waals surface area contributed by atoms with Crippen molar-refractivity contribution in [2.24, 2.45) is 0 Å². The fraction of sp³-hybridized carbons (Fsp3) is 0.529. The smallest absolute Gasteiger partial charge is 0.407 e. The highest BCUT2D eigenvalue weighted by Crippen LogP contribution is 2.24. The van der Waals surface area contributed by atoms with Gasteiger partial charge >= 0.3 is 12.1 Å². The van der Waals surface area contributed by atoms with Gasteiger partial charge in [-0.15, -0.1) is 0 Å². The van der Waals surface area contributed by atoms with Crippen molar-refractivity contribution in [2.75, 3.05) is 0 Å². The van der Waals surface area contributed by atoms with Crippen LogP contribution in [0.15, 0.2) is 18.2 Å². The molecule has 23 heavy (non-hydrogen) atoms. The first kappa shape index (κ1) is 18.8. The average Bonchev–Trinajstić information content (AvgIpc) is 2.37. The third-order valence-corrected chi connectivity index (χ3v) is 2.96. The van der Waals surface area contributed by atoms with Crippen LogP contribution in [0.3, 0.4) is 0 Å².